The topological polar surface area (TPSA) is 71.1 Å². The van der Waals surface area contributed by atoms with E-state index in [-0.39, 0.29) is 0 Å². The SMILES string of the molecule is COc1cc(CNCc2ccc(C#N)o2)ccn1. The monoisotopic (exact) mass is 243 g/mol. The van der Waals surface area contributed by atoms with Crippen LogP contribution >= 0.6 is 0 Å². The summed E-state index contributed by atoms with van der Waals surface area (Å²) in [5.41, 5.74) is 1.08. The third-order valence-corrected chi connectivity index (χ3v) is 2.41. The van der Waals surface area contributed by atoms with Crippen molar-refractivity contribution in [1.82, 2.24) is 10.3 Å². The lowest BCUT2D eigenvalue weighted by atomic mass is 10.2. The third kappa shape index (κ3) is 3.09. The van der Waals surface area contributed by atoms with Crippen molar-refractivity contribution in [3.63, 3.8) is 0 Å². The van der Waals surface area contributed by atoms with Gasteiger partial charge in [-0.2, -0.15) is 5.26 Å². The van der Waals surface area contributed by atoms with Gasteiger partial charge in [-0.25, -0.2) is 4.98 Å². The number of pyridine rings is 1. The summed E-state index contributed by atoms with van der Waals surface area (Å²) < 4.78 is 10.3. The zero-order valence-electron chi connectivity index (χ0n) is 10.0. The minimum absolute atomic E-state index is 0.331. The Labute approximate surface area is 105 Å². The quantitative estimate of drug-likeness (QED) is 0.867. The maximum Gasteiger partial charge on any atom is 0.213 e. The Morgan fingerprint density at radius 1 is 1.39 bits per heavy atom. The van der Waals surface area contributed by atoms with E-state index in [0.29, 0.717) is 24.7 Å². The van der Waals surface area contributed by atoms with Gasteiger partial charge in [0.2, 0.25) is 11.6 Å². The number of furan rings is 1. The van der Waals surface area contributed by atoms with Crippen molar-refractivity contribution in [3.8, 4) is 11.9 Å². The van der Waals surface area contributed by atoms with Crippen LogP contribution in [-0.4, -0.2) is 12.1 Å². The second kappa shape index (κ2) is 5.84. The summed E-state index contributed by atoms with van der Waals surface area (Å²) in [5, 5.41) is 11.8. The molecule has 2 aromatic rings. The zero-order valence-corrected chi connectivity index (χ0v) is 10.0. The number of hydrogen-bond donors (Lipinski definition) is 1. The Morgan fingerprint density at radius 2 is 2.28 bits per heavy atom. The van der Waals surface area contributed by atoms with Gasteiger partial charge in [-0.15, -0.1) is 0 Å². The summed E-state index contributed by atoms with van der Waals surface area (Å²) in [6.07, 6.45) is 1.70. The van der Waals surface area contributed by atoms with Crippen LogP contribution in [0.15, 0.2) is 34.9 Å². The highest BCUT2D eigenvalue weighted by Gasteiger charge is 2.01. The molecular formula is C13H13N3O2. The molecule has 0 unspecified atom stereocenters. The van der Waals surface area contributed by atoms with E-state index in [1.54, 1.807) is 25.4 Å². The molecule has 0 saturated carbocycles. The number of nitriles is 1. The third-order valence-electron chi connectivity index (χ3n) is 2.41. The van der Waals surface area contributed by atoms with Crippen molar-refractivity contribution in [2.24, 2.45) is 0 Å². The molecule has 5 heteroatoms. The van der Waals surface area contributed by atoms with Crippen molar-refractivity contribution in [2.75, 3.05) is 7.11 Å². The van der Waals surface area contributed by atoms with E-state index >= 15 is 0 Å². The van der Waals surface area contributed by atoms with E-state index in [1.165, 1.54) is 0 Å². The standard InChI is InChI=1S/C13H13N3O2/c1-17-13-6-10(4-5-16-13)8-15-9-12-3-2-11(7-14)18-12/h2-6,15H,8-9H2,1H3. The van der Waals surface area contributed by atoms with Crippen LogP contribution in [0.1, 0.15) is 17.1 Å². The minimum atomic E-state index is 0.331. The predicted molar refractivity (Wildman–Crippen MR) is 64.8 cm³/mol. The zero-order chi connectivity index (χ0) is 12.8. The fraction of sp³-hybridized carbons (Fsp3) is 0.231. The summed E-state index contributed by atoms with van der Waals surface area (Å²) in [6.45, 7) is 1.26. The molecule has 0 atom stereocenters. The predicted octanol–water partition coefficient (Wildman–Crippen LogP) is 1.84. The first-order valence-electron chi connectivity index (χ1n) is 5.50. The molecule has 2 heterocycles. The highest BCUT2D eigenvalue weighted by Crippen LogP contribution is 2.09. The van der Waals surface area contributed by atoms with E-state index in [0.717, 1.165) is 11.3 Å². The molecule has 0 aromatic carbocycles. The highest BCUT2D eigenvalue weighted by molar-refractivity contribution is 5.21. The van der Waals surface area contributed by atoms with Crippen LogP contribution in [0.3, 0.4) is 0 Å². The van der Waals surface area contributed by atoms with Crippen molar-refractivity contribution in [1.29, 1.82) is 5.26 Å². The molecule has 0 radical (unpaired) electrons. The van der Waals surface area contributed by atoms with Gasteiger partial charge in [0, 0.05) is 18.8 Å². The van der Waals surface area contributed by atoms with E-state index < -0.39 is 0 Å². The second-order valence-corrected chi connectivity index (χ2v) is 3.69. The van der Waals surface area contributed by atoms with Crippen molar-refractivity contribution in [3.05, 3.63) is 47.5 Å². The molecule has 2 aromatic heterocycles. The first-order chi connectivity index (χ1) is 8.81. The number of methoxy groups -OCH3 is 1. The maximum absolute atomic E-state index is 8.63. The number of nitrogens with one attached hydrogen (secondary N) is 1. The van der Waals surface area contributed by atoms with Gasteiger partial charge in [0.15, 0.2) is 0 Å². The van der Waals surface area contributed by atoms with Gasteiger partial charge in [0.05, 0.1) is 13.7 Å². The number of rotatable bonds is 5. The highest BCUT2D eigenvalue weighted by atomic mass is 16.5. The second-order valence-electron chi connectivity index (χ2n) is 3.69. The van der Waals surface area contributed by atoms with Gasteiger partial charge in [0.1, 0.15) is 11.8 Å². The molecule has 5 nitrogen and oxygen atoms in total. The Hall–Kier alpha value is -2.32. The summed E-state index contributed by atoms with van der Waals surface area (Å²) in [7, 11) is 1.59. The summed E-state index contributed by atoms with van der Waals surface area (Å²) in [5.74, 6) is 1.67. The molecular weight excluding hydrogens is 230 g/mol. The Bertz CT molecular complexity index is 557. The summed E-state index contributed by atoms with van der Waals surface area (Å²) in [4.78, 5) is 4.03. The summed E-state index contributed by atoms with van der Waals surface area (Å²) >= 11 is 0. The fourth-order valence-corrected chi connectivity index (χ4v) is 1.54. The molecule has 0 aliphatic rings. The number of ether oxygens (including phenoxy) is 1. The normalized spacial score (nSPS) is 10.0. The Balaban J connectivity index is 1.86. The Kier molecular flexibility index (Phi) is 3.94. The van der Waals surface area contributed by atoms with E-state index in [4.69, 9.17) is 14.4 Å². The van der Waals surface area contributed by atoms with E-state index in [1.807, 2.05) is 18.2 Å². The number of hydrogen-bond acceptors (Lipinski definition) is 5. The van der Waals surface area contributed by atoms with Crippen molar-refractivity contribution < 1.29 is 9.15 Å². The van der Waals surface area contributed by atoms with Crippen molar-refractivity contribution >= 4 is 0 Å². The smallest absolute Gasteiger partial charge is 0.213 e. The molecule has 92 valence electrons. The molecule has 2 rings (SSSR count). The number of nitrogens with zero attached hydrogens (tertiary/aromatic N) is 2. The van der Waals surface area contributed by atoms with Gasteiger partial charge >= 0.3 is 0 Å². The fourth-order valence-electron chi connectivity index (χ4n) is 1.54. The van der Waals surface area contributed by atoms with Crippen LogP contribution in [0.4, 0.5) is 0 Å². The first-order valence-corrected chi connectivity index (χ1v) is 5.50. The molecule has 0 saturated heterocycles. The molecule has 0 amide bonds. The molecule has 0 aliphatic heterocycles. The first kappa shape index (κ1) is 12.1. The lowest BCUT2D eigenvalue weighted by Crippen LogP contribution is -2.12. The van der Waals surface area contributed by atoms with Crippen LogP contribution < -0.4 is 10.1 Å². The van der Waals surface area contributed by atoms with Crippen molar-refractivity contribution in [2.45, 2.75) is 13.1 Å². The van der Waals surface area contributed by atoms with Gasteiger partial charge < -0.3 is 14.5 Å². The molecule has 0 spiro atoms. The van der Waals surface area contributed by atoms with Gasteiger partial charge in [-0.1, -0.05) is 0 Å². The average Bonchev–Trinajstić information content (AvgIpc) is 2.87. The largest absolute Gasteiger partial charge is 0.481 e. The van der Waals surface area contributed by atoms with Crippen LogP contribution in [0.25, 0.3) is 0 Å². The Morgan fingerprint density at radius 3 is 3.00 bits per heavy atom. The molecule has 18 heavy (non-hydrogen) atoms. The molecule has 0 fully saturated rings. The van der Waals surface area contributed by atoms with Gasteiger partial charge in [-0.05, 0) is 23.8 Å². The van der Waals surface area contributed by atoms with Crippen LogP contribution in [-0.2, 0) is 13.1 Å². The van der Waals surface area contributed by atoms with Crippen LogP contribution in [0.5, 0.6) is 5.88 Å². The van der Waals surface area contributed by atoms with E-state index in [9.17, 15) is 0 Å². The van der Waals surface area contributed by atoms with Gasteiger partial charge in [-0.3, -0.25) is 0 Å². The lowest BCUT2D eigenvalue weighted by Gasteiger charge is -2.04. The maximum atomic E-state index is 8.63. The molecule has 0 aliphatic carbocycles. The van der Waals surface area contributed by atoms with Gasteiger partial charge in [0.25, 0.3) is 0 Å². The van der Waals surface area contributed by atoms with Crippen LogP contribution in [0.2, 0.25) is 0 Å². The molecule has 0 bridgehead atoms. The summed E-state index contributed by atoms with van der Waals surface area (Å²) in [6, 6.07) is 9.19. The number of aromatic nitrogens is 1. The lowest BCUT2D eigenvalue weighted by molar-refractivity contribution is 0.397. The van der Waals surface area contributed by atoms with E-state index in [2.05, 4.69) is 10.3 Å². The average molecular weight is 243 g/mol. The molecule has 1 N–H and O–H groups in total. The minimum Gasteiger partial charge on any atom is -0.481 e. The van der Waals surface area contributed by atoms with Crippen LogP contribution in [0, 0.1) is 11.3 Å².